The number of hydrogen-bond acceptors (Lipinski definition) is 7. The maximum Gasteiger partial charge on any atom is 0.407 e. The normalized spacial score (nSPS) is 19.2. The summed E-state index contributed by atoms with van der Waals surface area (Å²) < 4.78 is 10.0. The second-order valence-corrected chi connectivity index (χ2v) is 9.26. The van der Waals surface area contributed by atoms with Gasteiger partial charge in [-0.2, -0.15) is 5.06 Å². The SMILES string of the molecule is CCOC(=O)CON1C(=O)N2C[C@@H]1C=C(C)[C@H]2C(=O)Nc1ccc(CNC(=O)OC(C)(C)C)cc1. The smallest absolute Gasteiger partial charge is 0.407 e. The minimum Gasteiger partial charge on any atom is -0.464 e. The summed E-state index contributed by atoms with van der Waals surface area (Å²) in [5.41, 5.74) is 1.50. The molecule has 0 aromatic heterocycles. The van der Waals surface area contributed by atoms with E-state index in [1.165, 1.54) is 4.90 Å². The third-order valence-corrected chi connectivity index (χ3v) is 5.25. The molecule has 3 rings (SSSR count). The molecule has 0 spiro atoms. The van der Waals surface area contributed by atoms with Gasteiger partial charge in [0.15, 0.2) is 6.61 Å². The van der Waals surface area contributed by atoms with Gasteiger partial charge in [0.25, 0.3) is 5.91 Å². The summed E-state index contributed by atoms with van der Waals surface area (Å²) in [7, 11) is 0. The summed E-state index contributed by atoms with van der Waals surface area (Å²) in [6.45, 7) is 9.20. The number of carbonyl (C=O) groups excluding carboxylic acids is 4. The quantitative estimate of drug-likeness (QED) is 0.425. The van der Waals surface area contributed by atoms with Crippen LogP contribution in [-0.4, -0.2) is 71.4 Å². The van der Waals surface area contributed by atoms with Crippen LogP contribution in [-0.2, 0) is 30.4 Å². The lowest BCUT2D eigenvalue weighted by atomic mass is 10.00. The van der Waals surface area contributed by atoms with Crippen molar-refractivity contribution in [3.63, 3.8) is 0 Å². The zero-order valence-electron chi connectivity index (χ0n) is 20.6. The summed E-state index contributed by atoms with van der Waals surface area (Å²) in [4.78, 5) is 56.1. The minimum absolute atomic E-state index is 0.216. The van der Waals surface area contributed by atoms with Crippen molar-refractivity contribution in [3.05, 3.63) is 41.5 Å². The highest BCUT2D eigenvalue weighted by atomic mass is 16.7. The van der Waals surface area contributed by atoms with E-state index in [0.29, 0.717) is 11.3 Å². The van der Waals surface area contributed by atoms with Crippen molar-refractivity contribution in [1.29, 1.82) is 0 Å². The van der Waals surface area contributed by atoms with Crippen molar-refractivity contribution < 1.29 is 33.5 Å². The molecule has 2 atom stereocenters. The van der Waals surface area contributed by atoms with E-state index in [9.17, 15) is 19.2 Å². The highest BCUT2D eigenvalue weighted by Crippen LogP contribution is 2.30. The maximum atomic E-state index is 13.0. The van der Waals surface area contributed by atoms with E-state index in [1.807, 2.05) is 0 Å². The number of hydroxylamine groups is 2. The molecule has 11 heteroatoms. The Morgan fingerprint density at radius 2 is 1.83 bits per heavy atom. The molecule has 0 aliphatic carbocycles. The van der Waals surface area contributed by atoms with Gasteiger partial charge in [-0.25, -0.2) is 14.4 Å². The van der Waals surface area contributed by atoms with Gasteiger partial charge in [-0.15, -0.1) is 0 Å². The van der Waals surface area contributed by atoms with E-state index in [2.05, 4.69) is 10.6 Å². The average molecular weight is 489 g/mol. The Bertz CT molecular complexity index is 1000. The first-order valence-corrected chi connectivity index (χ1v) is 11.4. The Balaban J connectivity index is 1.57. The fourth-order valence-corrected chi connectivity index (χ4v) is 3.83. The standard InChI is InChI=1S/C24H32N4O7/c1-6-33-19(29)14-34-28-18-11-15(2)20(27(13-18)23(28)32)21(30)26-17-9-7-16(8-10-17)12-25-22(31)35-24(3,4)5/h7-11,18,20H,6,12-14H2,1-5H3,(H,25,31)(H,26,30)/t18-,20-/m0/s1. The van der Waals surface area contributed by atoms with Crippen molar-refractivity contribution in [2.24, 2.45) is 0 Å². The number of urea groups is 1. The second kappa shape index (κ2) is 10.8. The Labute approximate surface area is 204 Å². The Kier molecular flexibility index (Phi) is 8.00. The fraction of sp³-hybridized carbons (Fsp3) is 0.500. The van der Waals surface area contributed by atoms with Crippen LogP contribution in [0.3, 0.4) is 0 Å². The molecule has 2 N–H and O–H groups in total. The molecule has 0 saturated carbocycles. The summed E-state index contributed by atoms with van der Waals surface area (Å²) in [6.07, 6.45) is 1.28. The van der Waals surface area contributed by atoms with Crippen molar-refractivity contribution in [2.45, 2.75) is 58.8 Å². The lowest BCUT2D eigenvalue weighted by Crippen LogP contribution is -2.47. The van der Waals surface area contributed by atoms with Crippen molar-refractivity contribution in [2.75, 3.05) is 25.1 Å². The first-order chi connectivity index (χ1) is 16.5. The highest BCUT2D eigenvalue weighted by Gasteiger charge is 2.47. The van der Waals surface area contributed by atoms with Gasteiger partial charge < -0.3 is 25.0 Å². The Morgan fingerprint density at radius 3 is 2.46 bits per heavy atom. The summed E-state index contributed by atoms with van der Waals surface area (Å²) in [5, 5.41) is 6.62. The van der Waals surface area contributed by atoms with Crippen LogP contribution in [0.4, 0.5) is 15.3 Å². The van der Waals surface area contributed by atoms with Gasteiger partial charge in [0, 0.05) is 12.2 Å². The molecule has 2 aliphatic rings. The van der Waals surface area contributed by atoms with Gasteiger partial charge >= 0.3 is 18.1 Å². The van der Waals surface area contributed by atoms with Crippen LogP contribution in [0.25, 0.3) is 0 Å². The van der Waals surface area contributed by atoms with Crippen molar-refractivity contribution in [1.82, 2.24) is 15.3 Å². The molecule has 2 heterocycles. The zero-order chi connectivity index (χ0) is 25.8. The van der Waals surface area contributed by atoms with Crippen LogP contribution < -0.4 is 10.6 Å². The zero-order valence-corrected chi connectivity index (χ0v) is 20.6. The molecule has 1 aromatic carbocycles. The van der Waals surface area contributed by atoms with Crippen LogP contribution in [0.1, 0.15) is 40.2 Å². The number of alkyl carbamates (subject to hydrolysis) is 1. The molecule has 1 aromatic rings. The molecule has 1 fully saturated rings. The third-order valence-electron chi connectivity index (χ3n) is 5.25. The van der Waals surface area contributed by atoms with E-state index in [4.69, 9.17) is 14.3 Å². The third kappa shape index (κ3) is 6.72. The molecule has 0 unspecified atom stereocenters. The van der Waals surface area contributed by atoms with Crippen LogP contribution in [0.15, 0.2) is 35.9 Å². The number of carbonyl (C=O) groups is 4. The molecular formula is C24H32N4O7. The van der Waals surface area contributed by atoms with Crippen molar-refractivity contribution >= 4 is 29.7 Å². The Hall–Kier alpha value is -3.60. The van der Waals surface area contributed by atoms with Gasteiger partial charge in [0.2, 0.25) is 0 Å². The molecule has 35 heavy (non-hydrogen) atoms. The highest BCUT2D eigenvalue weighted by molar-refractivity contribution is 6.00. The molecule has 4 amide bonds. The van der Waals surface area contributed by atoms with E-state index >= 15 is 0 Å². The number of ether oxygens (including phenoxy) is 2. The molecule has 2 bridgehead atoms. The minimum atomic E-state index is -0.802. The predicted molar refractivity (Wildman–Crippen MR) is 126 cm³/mol. The Morgan fingerprint density at radius 1 is 1.14 bits per heavy atom. The first kappa shape index (κ1) is 26.0. The topological polar surface area (TPSA) is 127 Å². The number of nitrogens with zero attached hydrogens (tertiary/aromatic N) is 2. The number of esters is 1. The number of nitrogens with one attached hydrogen (secondary N) is 2. The fourth-order valence-electron chi connectivity index (χ4n) is 3.83. The van der Waals surface area contributed by atoms with Crippen LogP contribution in [0.5, 0.6) is 0 Å². The molecular weight excluding hydrogens is 456 g/mol. The first-order valence-electron chi connectivity index (χ1n) is 11.4. The molecule has 1 saturated heterocycles. The van der Waals surface area contributed by atoms with Crippen LogP contribution >= 0.6 is 0 Å². The lowest BCUT2D eigenvalue weighted by molar-refractivity contribution is -0.169. The summed E-state index contributed by atoms with van der Waals surface area (Å²) in [5.74, 6) is -0.936. The van der Waals surface area contributed by atoms with Gasteiger partial charge in [-0.05, 0) is 57.9 Å². The van der Waals surface area contributed by atoms with Gasteiger partial charge in [0.05, 0.1) is 19.2 Å². The largest absolute Gasteiger partial charge is 0.464 e. The maximum absolute atomic E-state index is 13.0. The second-order valence-electron chi connectivity index (χ2n) is 9.26. The predicted octanol–water partition coefficient (Wildman–Crippen LogP) is 2.58. The van der Waals surface area contributed by atoms with Crippen LogP contribution in [0, 0.1) is 0 Å². The molecule has 0 radical (unpaired) electrons. The summed E-state index contributed by atoms with van der Waals surface area (Å²) in [6, 6.07) is 5.30. The molecule has 11 nitrogen and oxygen atoms in total. The van der Waals surface area contributed by atoms with E-state index < -0.39 is 35.8 Å². The van der Waals surface area contributed by atoms with E-state index in [-0.39, 0.29) is 32.2 Å². The van der Waals surface area contributed by atoms with Gasteiger partial charge in [-0.1, -0.05) is 18.2 Å². The number of benzene rings is 1. The number of rotatable bonds is 8. The van der Waals surface area contributed by atoms with Crippen LogP contribution in [0.2, 0.25) is 0 Å². The lowest BCUT2D eigenvalue weighted by Gasteiger charge is -2.29. The molecule has 190 valence electrons. The van der Waals surface area contributed by atoms with Crippen molar-refractivity contribution in [3.8, 4) is 0 Å². The summed E-state index contributed by atoms with van der Waals surface area (Å²) >= 11 is 0. The number of hydrogen-bond donors (Lipinski definition) is 2. The number of amides is 4. The molecule has 2 aliphatic heterocycles. The van der Waals surface area contributed by atoms with Gasteiger partial charge in [-0.3, -0.25) is 9.63 Å². The average Bonchev–Trinajstić information content (AvgIpc) is 3.00. The van der Waals surface area contributed by atoms with E-state index in [1.54, 1.807) is 65.0 Å². The van der Waals surface area contributed by atoms with E-state index in [0.717, 1.165) is 10.6 Å². The van der Waals surface area contributed by atoms with Gasteiger partial charge in [0.1, 0.15) is 11.6 Å². The number of fused-ring (bicyclic) bond motifs is 2. The monoisotopic (exact) mass is 488 g/mol. The number of anilines is 1.